The molecule has 0 bridgehead atoms. The number of hydrogen-bond acceptors (Lipinski definition) is 4. The second-order valence-electron chi connectivity index (χ2n) is 4.46. The highest BCUT2D eigenvalue weighted by Crippen LogP contribution is 2.32. The van der Waals surface area contributed by atoms with Gasteiger partial charge in [-0.05, 0) is 43.2 Å². The zero-order valence-electron chi connectivity index (χ0n) is 11.5. The van der Waals surface area contributed by atoms with Crippen molar-refractivity contribution in [2.24, 2.45) is 0 Å². The fourth-order valence-corrected chi connectivity index (χ4v) is 2.12. The van der Waals surface area contributed by atoms with E-state index in [9.17, 15) is 4.79 Å². The van der Waals surface area contributed by atoms with E-state index in [-0.39, 0.29) is 6.61 Å². The van der Waals surface area contributed by atoms with E-state index in [1.165, 1.54) is 5.57 Å². The van der Waals surface area contributed by atoms with E-state index >= 15 is 0 Å². The smallest absolute Gasteiger partial charge is 0.341 e. The van der Waals surface area contributed by atoms with Crippen molar-refractivity contribution in [2.75, 3.05) is 26.3 Å². The molecule has 0 amide bonds. The SMILES string of the molecule is CCOc1cc(C2=CCNCC2)ccc1OCC(=O)O. The third-order valence-electron chi connectivity index (χ3n) is 3.03. The standard InChI is InChI=1S/C15H19NO4/c1-2-19-14-9-12(11-5-7-16-8-6-11)3-4-13(14)20-10-15(17)18/h3-5,9,16H,2,6-8,10H2,1H3,(H,17,18). The zero-order chi connectivity index (χ0) is 14.4. The Morgan fingerprint density at radius 3 is 2.85 bits per heavy atom. The normalized spacial score (nSPS) is 14.6. The Morgan fingerprint density at radius 1 is 1.35 bits per heavy atom. The molecule has 0 radical (unpaired) electrons. The largest absolute Gasteiger partial charge is 0.490 e. The molecule has 0 saturated carbocycles. The van der Waals surface area contributed by atoms with Gasteiger partial charge in [-0.25, -0.2) is 4.79 Å². The maximum absolute atomic E-state index is 10.6. The highest BCUT2D eigenvalue weighted by atomic mass is 16.5. The molecule has 0 spiro atoms. The number of ether oxygens (including phenoxy) is 2. The van der Waals surface area contributed by atoms with Gasteiger partial charge in [0.1, 0.15) is 0 Å². The van der Waals surface area contributed by atoms with Crippen LogP contribution in [0.3, 0.4) is 0 Å². The number of carbonyl (C=O) groups is 1. The van der Waals surface area contributed by atoms with Crippen LogP contribution in [-0.4, -0.2) is 37.4 Å². The first-order valence-corrected chi connectivity index (χ1v) is 6.72. The third-order valence-corrected chi connectivity index (χ3v) is 3.03. The summed E-state index contributed by atoms with van der Waals surface area (Å²) in [5.41, 5.74) is 2.37. The van der Waals surface area contributed by atoms with Crippen LogP contribution < -0.4 is 14.8 Å². The molecule has 5 heteroatoms. The minimum Gasteiger partial charge on any atom is -0.490 e. The molecule has 1 aliphatic rings. The quantitative estimate of drug-likeness (QED) is 0.831. The molecule has 0 atom stereocenters. The van der Waals surface area contributed by atoms with E-state index in [4.69, 9.17) is 14.6 Å². The van der Waals surface area contributed by atoms with Crippen molar-refractivity contribution >= 4 is 11.5 Å². The topological polar surface area (TPSA) is 67.8 Å². The lowest BCUT2D eigenvalue weighted by Crippen LogP contribution is -2.20. The first-order valence-electron chi connectivity index (χ1n) is 6.72. The lowest BCUT2D eigenvalue weighted by Gasteiger charge is -2.17. The van der Waals surface area contributed by atoms with Crippen LogP contribution in [0.5, 0.6) is 11.5 Å². The molecule has 0 fully saturated rings. The Morgan fingerprint density at radius 2 is 2.20 bits per heavy atom. The average Bonchev–Trinajstić information content (AvgIpc) is 2.47. The van der Waals surface area contributed by atoms with E-state index in [1.807, 2.05) is 19.1 Å². The molecule has 0 unspecified atom stereocenters. The van der Waals surface area contributed by atoms with Gasteiger partial charge in [-0.2, -0.15) is 0 Å². The van der Waals surface area contributed by atoms with Gasteiger partial charge in [0, 0.05) is 6.54 Å². The van der Waals surface area contributed by atoms with Crippen LogP contribution >= 0.6 is 0 Å². The number of carboxylic acids is 1. The van der Waals surface area contributed by atoms with Gasteiger partial charge in [0.05, 0.1) is 6.61 Å². The fourth-order valence-electron chi connectivity index (χ4n) is 2.12. The summed E-state index contributed by atoms with van der Waals surface area (Å²) in [6.45, 7) is 3.86. The highest BCUT2D eigenvalue weighted by Gasteiger charge is 2.12. The molecule has 1 aromatic carbocycles. The maximum atomic E-state index is 10.6. The summed E-state index contributed by atoms with van der Waals surface area (Å²) < 4.78 is 10.8. The summed E-state index contributed by atoms with van der Waals surface area (Å²) >= 11 is 0. The van der Waals surface area contributed by atoms with Crippen molar-refractivity contribution in [1.82, 2.24) is 5.32 Å². The van der Waals surface area contributed by atoms with E-state index in [0.29, 0.717) is 18.1 Å². The maximum Gasteiger partial charge on any atom is 0.341 e. The van der Waals surface area contributed by atoms with Crippen molar-refractivity contribution < 1.29 is 19.4 Å². The Labute approximate surface area is 118 Å². The second kappa shape index (κ2) is 6.96. The molecule has 1 aromatic rings. The van der Waals surface area contributed by atoms with Crippen molar-refractivity contribution in [3.63, 3.8) is 0 Å². The molecule has 1 heterocycles. The van der Waals surface area contributed by atoms with Gasteiger partial charge in [0.25, 0.3) is 0 Å². The van der Waals surface area contributed by atoms with Gasteiger partial charge in [0.15, 0.2) is 18.1 Å². The number of carboxylic acid groups (broad SMARTS) is 1. The molecule has 2 N–H and O–H groups in total. The summed E-state index contributed by atoms with van der Waals surface area (Å²) in [5, 5.41) is 11.9. The van der Waals surface area contributed by atoms with Gasteiger partial charge >= 0.3 is 5.97 Å². The minimum atomic E-state index is -1.00. The number of nitrogens with one attached hydrogen (secondary N) is 1. The first kappa shape index (κ1) is 14.4. The van der Waals surface area contributed by atoms with E-state index in [2.05, 4.69) is 11.4 Å². The molecule has 108 valence electrons. The fraction of sp³-hybridized carbons (Fsp3) is 0.400. The zero-order valence-corrected chi connectivity index (χ0v) is 11.5. The van der Waals surface area contributed by atoms with E-state index < -0.39 is 5.97 Å². The van der Waals surface area contributed by atoms with Gasteiger partial charge in [0.2, 0.25) is 0 Å². The molecule has 0 aromatic heterocycles. The van der Waals surface area contributed by atoms with E-state index in [0.717, 1.165) is 25.1 Å². The monoisotopic (exact) mass is 277 g/mol. The van der Waals surface area contributed by atoms with Crippen LogP contribution in [0.2, 0.25) is 0 Å². The summed E-state index contributed by atoms with van der Waals surface area (Å²) in [6, 6.07) is 5.63. The Hall–Kier alpha value is -2.01. The minimum absolute atomic E-state index is 0.369. The summed E-state index contributed by atoms with van der Waals surface area (Å²) in [6.07, 6.45) is 3.13. The van der Waals surface area contributed by atoms with Crippen LogP contribution in [0.15, 0.2) is 24.3 Å². The van der Waals surface area contributed by atoms with Crippen molar-refractivity contribution in [2.45, 2.75) is 13.3 Å². The van der Waals surface area contributed by atoms with Crippen molar-refractivity contribution in [1.29, 1.82) is 0 Å². The summed E-state index contributed by atoms with van der Waals surface area (Å²) in [4.78, 5) is 10.6. The lowest BCUT2D eigenvalue weighted by molar-refractivity contribution is -0.139. The Kier molecular flexibility index (Phi) is 5.01. The van der Waals surface area contributed by atoms with Crippen LogP contribution in [0.1, 0.15) is 18.9 Å². The van der Waals surface area contributed by atoms with Crippen molar-refractivity contribution in [3.05, 3.63) is 29.8 Å². The highest BCUT2D eigenvalue weighted by molar-refractivity contribution is 5.70. The van der Waals surface area contributed by atoms with Gasteiger partial charge in [-0.15, -0.1) is 0 Å². The van der Waals surface area contributed by atoms with Crippen LogP contribution in [0.25, 0.3) is 5.57 Å². The Balaban J connectivity index is 2.21. The van der Waals surface area contributed by atoms with Crippen LogP contribution in [0, 0.1) is 0 Å². The molecule has 0 saturated heterocycles. The molecule has 20 heavy (non-hydrogen) atoms. The van der Waals surface area contributed by atoms with Crippen LogP contribution in [-0.2, 0) is 4.79 Å². The number of aliphatic carboxylic acids is 1. The predicted molar refractivity (Wildman–Crippen MR) is 76.2 cm³/mol. The first-order chi connectivity index (χ1) is 9.70. The molecular formula is C15H19NO4. The molecular weight excluding hydrogens is 258 g/mol. The van der Waals surface area contributed by atoms with Gasteiger partial charge in [-0.1, -0.05) is 12.1 Å². The predicted octanol–water partition coefficient (Wildman–Crippen LogP) is 1.93. The molecule has 2 rings (SSSR count). The van der Waals surface area contributed by atoms with Crippen molar-refractivity contribution in [3.8, 4) is 11.5 Å². The molecule has 0 aliphatic carbocycles. The van der Waals surface area contributed by atoms with E-state index in [1.54, 1.807) is 6.07 Å². The summed E-state index contributed by atoms with van der Waals surface area (Å²) in [7, 11) is 0. The van der Waals surface area contributed by atoms with Gasteiger partial charge in [-0.3, -0.25) is 0 Å². The number of benzene rings is 1. The molecule has 5 nitrogen and oxygen atoms in total. The van der Waals surface area contributed by atoms with Gasteiger partial charge < -0.3 is 19.9 Å². The average molecular weight is 277 g/mol. The number of hydrogen-bond donors (Lipinski definition) is 2. The Bertz CT molecular complexity index is 511. The summed E-state index contributed by atoms with van der Waals surface area (Å²) in [5.74, 6) is 0.0517. The van der Waals surface area contributed by atoms with Crippen LogP contribution in [0.4, 0.5) is 0 Å². The molecule has 1 aliphatic heterocycles. The third kappa shape index (κ3) is 3.74. The second-order valence-corrected chi connectivity index (χ2v) is 4.46. The lowest BCUT2D eigenvalue weighted by atomic mass is 10.00. The number of rotatable bonds is 6.